The minimum atomic E-state index is -0.287. The highest BCUT2D eigenvalue weighted by atomic mass is 16.5. The zero-order chi connectivity index (χ0) is 14.5. The largest absolute Gasteiger partial charge is 0.491 e. The molecule has 0 aliphatic carbocycles. The van der Waals surface area contributed by atoms with Crippen molar-refractivity contribution in [3.63, 3.8) is 0 Å². The molecule has 0 unspecified atom stereocenters. The molecule has 1 rings (SSSR count). The quantitative estimate of drug-likeness (QED) is 0.826. The average Bonchev–Trinajstić information content (AvgIpc) is 2.34. The molecule has 1 aromatic carbocycles. The van der Waals surface area contributed by atoms with Crippen LogP contribution in [0, 0.1) is 0 Å². The van der Waals surface area contributed by atoms with E-state index in [9.17, 15) is 4.79 Å². The van der Waals surface area contributed by atoms with Crippen LogP contribution < -0.4 is 5.32 Å². The molecule has 0 bridgehead atoms. The van der Waals surface area contributed by atoms with Gasteiger partial charge in [-0.2, -0.15) is 0 Å². The Morgan fingerprint density at radius 1 is 1.26 bits per heavy atom. The number of aryl methyl sites for hydroxylation is 1. The average molecular weight is 261 g/mol. The molecule has 0 atom stereocenters. The second-order valence-electron chi connectivity index (χ2n) is 5.49. The molecule has 1 aromatic rings. The Kier molecular flexibility index (Phi) is 5.16. The lowest BCUT2D eigenvalue weighted by Crippen LogP contribution is -2.29. The lowest BCUT2D eigenvalue weighted by Gasteiger charge is -2.22. The Hall–Kier alpha value is -1.77. The highest BCUT2D eigenvalue weighted by Crippen LogP contribution is 2.11. The lowest BCUT2D eigenvalue weighted by molar-refractivity contribution is 0.0490. The van der Waals surface area contributed by atoms with Crippen LogP contribution in [0.5, 0.6) is 0 Å². The number of amides is 1. The third-order valence-electron chi connectivity index (χ3n) is 2.52. The van der Waals surface area contributed by atoms with Crippen molar-refractivity contribution in [3.8, 4) is 0 Å². The van der Waals surface area contributed by atoms with Gasteiger partial charge < -0.3 is 10.1 Å². The van der Waals surface area contributed by atoms with Gasteiger partial charge in [-0.3, -0.25) is 4.79 Å². The van der Waals surface area contributed by atoms with E-state index < -0.39 is 0 Å². The van der Waals surface area contributed by atoms with Crippen molar-refractivity contribution >= 4 is 5.91 Å². The van der Waals surface area contributed by atoms with Crippen LogP contribution in [0.3, 0.4) is 0 Å². The van der Waals surface area contributed by atoms with E-state index in [1.54, 1.807) is 0 Å². The highest BCUT2D eigenvalue weighted by molar-refractivity contribution is 5.94. The molecule has 19 heavy (non-hydrogen) atoms. The molecule has 104 valence electrons. The van der Waals surface area contributed by atoms with Crippen LogP contribution in [0.4, 0.5) is 0 Å². The van der Waals surface area contributed by atoms with Gasteiger partial charge in [-0.1, -0.05) is 25.6 Å². The topological polar surface area (TPSA) is 38.3 Å². The van der Waals surface area contributed by atoms with Gasteiger partial charge in [0.15, 0.2) is 0 Å². The molecule has 0 fully saturated rings. The lowest BCUT2D eigenvalue weighted by atomic mass is 10.1. The maximum atomic E-state index is 11.9. The second-order valence-corrected chi connectivity index (χ2v) is 5.49. The molecule has 0 radical (unpaired) electrons. The minimum absolute atomic E-state index is 0.110. The van der Waals surface area contributed by atoms with Gasteiger partial charge in [-0.15, -0.1) is 0 Å². The van der Waals surface area contributed by atoms with Crippen LogP contribution in [0.1, 0.15) is 43.6 Å². The van der Waals surface area contributed by atoms with Gasteiger partial charge in [0.25, 0.3) is 5.91 Å². The number of carbonyl (C=O) groups excluding carboxylic acids is 1. The molecule has 0 aromatic heterocycles. The van der Waals surface area contributed by atoms with Gasteiger partial charge in [-0.05, 0) is 44.9 Å². The molecule has 0 saturated heterocycles. The predicted octanol–water partition coefficient (Wildman–Crippen LogP) is 3.31. The van der Waals surface area contributed by atoms with Crippen LogP contribution in [0.25, 0.3) is 0 Å². The number of rotatable bonds is 5. The summed E-state index contributed by atoms with van der Waals surface area (Å²) < 4.78 is 5.55. The molecule has 1 N–H and O–H groups in total. The van der Waals surface area contributed by atoms with Crippen LogP contribution in [0.15, 0.2) is 36.6 Å². The standard InChI is InChI=1S/C16H23NO2/c1-6-13-7-9-14(10-8-13)15(18)17-11-12(2)19-16(3,4)5/h7-10H,2,6,11H2,1,3-5H3,(H,17,18). The summed E-state index contributed by atoms with van der Waals surface area (Å²) in [6, 6.07) is 7.61. The second kappa shape index (κ2) is 6.41. The van der Waals surface area contributed by atoms with E-state index in [-0.39, 0.29) is 11.5 Å². The number of hydrogen-bond acceptors (Lipinski definition) is 2. The summed E-state index contributed by atoms with van der Waals surface area (Å²) in [5, 5.41) is 2.80. The Morgan fingerprint density at radius 3 is 2.32 bits per heavy atom. The maximum absolute atomic E-state index is 11.9. The fourth-order valence-corrected chi connectivity index (χ4v) is 1.64. The predicted molar refractivity (Wildman–Crippen MR) is 78.1 cm³/mol. The normalized spacial score (nSPS) is 10.9. The molecule has 3 nitrogen and oxygen atoms in total. The van der Waals surface area contributed by atoms with E-state index in [2.05, 4.69) is 18.8 Å². The van der Waals surface area contributed by atoms with Gasteiger partial charge in [0.2, 0.25) is 0 Å². The summed E-state index contributed by atoms with van der Waals surface area (Å²) in [6.45, 7) is 12.1. The number of carbonyl (C=O) groups is 1. The summed E-state index contributed by atoms with van der Waals surface area (Å²) in [5.74, 6) is 0.451. The van der Waals surface area contributed by atoms with Crippen molar-refractivity contribution in [2.75, 3.05) is 6.54 Å². The van der Waals surface area contributed by atoms with E-state index >= 15 is 0 Å². The molecular weight excluding hydrogens is 238 g/mol. The number of hydrogen-bond donors (Lipinski definition) is 1. The number of ether oxygens (including phenoxy) is 1. The first-order valence-corrected chi connectivity index (χ1v) is 6.56. The summed E-state index contributed by atoms with van der Waals surface area (Å²) in [5.41, 5.74) is 1.59. The highest BCUT2D eigenvalue weighted by Gasteiger charge is 2.13. The smallest absolute Gasteiger partial charge is 0.251 e. The first kappa shape index (κ1) is 15.3. The number of benzene rings is 1. The van der Waals surface area contributed by atoms with Crippen molar-refractivity contribution in [2.24, 2.45) is 0 Å². The summed E-state index contributed by atoms with van der Waals surface area (Å²) in [4.78, 5) is 11.9. The van der Waals surface area contributed by atoms with Crippen molar-refractivity contribution in [3.05, 3.63) is 47.7 Å². The number of nitrogens with one attached hydrogen (secondary N) is 1. The van der Waals surface area contributed by atoms with Crippen molar-refractivity contribution in [1.82, 2.24) is 5.32 Å². The van der Waals surface area contributed by atoms with E-state index in [1.165, 1.54) is 5.56 Å². The molecular formula is C16H23NO2. The third kappa shape index (κ3) is 5.60. The Balaban J connectivity index is 2.49. The summed E-state index contributed by atoms with van der Waals surface area (Å²) in [7, 11) is 0. The molecule has 0 spiro atoms. The molecule has 0 aliphatic heterocycles. The van der Waals surface area contributed by atoms with E-state index in [0.29, 0.717) is 17.9 Å². The van der Waals surface area contributed by atoms with Crippen molar-refractivity contribution < 1.29 is 9.53 Å². The zero-order valence-corrected chi connectivity index (χ0v) is 12.2. The van der Waals surface area contributed by atoms with Crippen LogP contribution in [-0.4, -0.2) is 18.1 Å². The first-order chi connectivity index (χ1) is 8.81. The van der Waals surface area contributed by atoms with Crippen molar-refractivity contribution in [1.29, 1.82) is 0 Å². The SMILES string of the molecule is C=C(CNC(=O)c1ccc(CC)cc1)OC(C)(C)C. The fourth-order valence-electron chi connectivity index (χ4n) is 1.64. The fraction of sp³-hybridized carbons (Fsp3) is 0.438. The Bertz CT molecular complexity index is 441. The van der Waals surface area contributed by atoms with Crippen LogP contribution >= 0.6 is 0 Å². The van der Waals surface area contributed by atoms with E-state index in [1.807, 2.05) is 45.0 Å². The molecule has 0 aliphatic rings. The monoisotopic (exact) mass is 261 g/mol. The minimum Gasteiger partial charge on any atom is -0.491 e. The summed E-state index contributed by atoms with van der Waals surface area (Å²) in [6.07, 6.45) is 0.970. The van der Waals surface area contributed by atoms with Gasteiger partial charge in [-0.25, -0.2) is 0 Å². The molecule has 0 saturated carbocycles. The zero-order valence-electron chi connectivity index (χ0n) is 12.2. The molecule has 0 heterocycles. The van der Waals surface area contributed by atoms with Crippen molar-refractivity contribution in [2.45, 2.75) is 39.7 Å². The first-order valence-electron chi connectivity index (χ1n) is 6.56. The van der Waals surface area contributed by atoms with Gasteiger partial charge in [0, 0.05) is 5.56 Å². The Labute approximate surface area is 115 Å². The van der Waals surface area contributed by atoms with Gasteiger partial charge in [0.1, 0.15) is 11.4 Å². The molecule has 3 heteroatoms. The Morgan fingerprint density at radius 2 is 1.84 bits per heavy atom. The van der Waals surface area contributed by atoms with Crippen LogP contribution in [-0.2, 0) is 11.2 Å². The van der Waals surface area contributed by atoms with E-state index in [0.717, 1.165) is 6.42 Å². The van der Waals surface area contributed by atoms with Gasteiger partial charge in [0.05, 0.1) is 6.54 Å². The van der Waals surface area contributed by atoms with Crippen LogP contribution in [0.2, 0.25) is 0 Å². The molecule has 1 amide bonds. The third-order valence-corrected chi connectivity index (χ3v) is 2.52. The van der Waals surface area contributed by atoms with Gasteiger partial charge >= 0.3 is 0 Å². The maximum Gasteiger partial charge on any atom is 0.251 e. The van der Waals surface area contributed by atoms with E-state index in [4.69, 9.17) is 4.74 Å². The summed E-state index contributed by atoms with van der Waals surface area (Å²) >= 11 is 0.